The monoisotopic (exact) mass is 301 g/mol. The predicted octanol–water partition coefficient (Wildman–Crippen LogP) is 2.98. The van der Waals surface area contributed by atoms with E-state index in [9.17, 15) is 4.79 Å². The topological polar surface area (TPSA) is 58.4 Å². The van der Waals surface area contributed by atoms with Gasteiger partial charge in [-0.3, -0.25) is 9.69 Å². The molecule has 1 amide bonds. The maximum Gasteiger partial charge on any atom is 0.238 e. The number of amides is 1. The van der Waals surface area contributed by atoms with Crippen molar-refractivity contribution in [3.63, 3.8) is 0 Å². The summed E-state index contributed by atoms with van der Waals surface area (Å²) in [5.41, 5.74) is 5.06. The molecule has 0 aliphatic carbocycles. The molecule has 0 saturated heterocycles. The predicted molar refractivity (Wildman–Crippen MR) is 86.9 cm³/mol. The van der Waals surface area contributed by atoms with E-state index in [0.29, 0.717) is 13.1 Å². The number of aromatic nitrogens is 1. The fourth-order valence-corrected chi connectivity index (χ4v) is 2.37. The molecular weight excluding hydrogens is 278 g/mol. The van der Waals surface area contributed by atoms with E-state index in [1.165, 1.54) is 5.56 Å². The minimum atomic E-state index is -0.0250. The Balaban J connectivity index is 1.96. The van der Waals surface area contributed by atoms with Crippen molar-refractivity contribution in [2.24, 2.45) is 0 Å². The van der Waals surface area contributed by atoms with Crippen molar-refractivity contribution in [2.45, 2.75) is 34.2 Å². The Morgan fingerprint density at radius 3 is 2.64 bits per heavy atom. The number of hydrogen-bond donors (Lipinski definition) is 1. The highest BCUT2D eigenvalue weighted by Gasteiger charge is 2.14. The molecule has 0 radical (unpaired) electrons. The third-order valence-corrected chi connectivity index (χ3v) is 3.90. The van der Waals surface area contributed by atoms with Crippen molar-refractivity contribution in [1.82, 2.24) is 10.1 Å². The van der Waals surface area contributed by atoms with Crippen LogP contribution < -0.4 is 5.32 Å². The minimum Gasteiger partial charge on any atom is -0.361 e. The number of carbonyl (C=O) groups is 1. The Bertz CT molecular complexity index is 657. The first-order chi connectivity index (χ1) is 10.4. The van der Waals surface area contributed by atoms with Gasteiger partial charge < -0.3 is 9.84 Å². The van der Waals surface area contributed by atoms with Gasteiger partial charge >= 0.3 is 0 Å². The van der Waals surface area contributed by atoms with Gasteiger partial charge in [-0.1, -0.05) is 17.3 Å². The Kier molecular flexibility index (Phi) is 4.98. The molecule has 5 nitrogen and oxygen atoms in total. The van der Waals surface area contributed by atoms with E-state index in [1.54, 1.807) is 0 Å². The van der Waals surface area contributed by atoms with Gasteiger partial charge in [-0.25, -0.2) is 0 Å². The lowest BCUT2D eigenvalue weighted by molar-refractivity contribution is -0.117. The molecule has 0 fully saturated rings. The summed E-state index contributed by atoms with van der Waals surface area (Å²) in [7, 11) is 1.91. The fourth-order valence-electron chi connectivity index (χ4n) is 2.37. The van der Waals surface area contributed by atoms with Crippen LogP contribution in [0.2, 0.25) is 0 Å². The number of nitrogens with one attached hydrogen (secondary N) is 1. The molecule has 0 saturated carbocycles. The molecule has 0 aliphatic heterocycles. The van der Waals surface area contributed by atoms with Crippen LogP contribution >= 0.6 is 0 Å². The molecule has 1 aromatic carbocycles. The summed E-state index contributed by atoms with van der Waals surface area (Å²) in [4.78, 5) is 14.1. The fraction of sp³-hybridized carbons (Fsp3) is 0.412. The number of rotatable bonds is 5. The number of hydrogen-bond acceptors (Lipinski definition) is 4. The lowest BCUT2D eigenvalue weighted by Crippen LogP contribution is -2.30. The maximum atomic E-state index is 12.2. The number of nitrogens with zero attached hydrogens (tertiary/aromatic N) is 2. The summed E-state index contributed by atoms with van der Waals surface area (Å²) in [6.45, 7) is 8.81. The standard InChI is InChI=1S/C17H23N3O2/c1-11-7-6-8-16(12(11)2)18-17(21)10-20(5)9-15-13(3)19-22-14(15)4/h6-8H,9-10H2,1-5H3,(H,18,21). The van der Waals surface area contributed by atoms with Crippen molar-refractivity contribution in [1.29, 1.82) is 0 Å². The second-order valence-electron chi connectivity index (χ2n) is 5.77. The molecular formula is C17H23N3O2. The van der Waals surface area contributed by atoms with Gasteiger partial charge in [0, 0.05) is 17.8 Å². The Morgan fingerprint density at radius 1 is 1.27 bits per heavy atom. The third-order valence-electron chi connectivity index (χ3n) is 3.90. The van der Waals surface area contributed by atoms with Crippen molar-refractivity contribution >= 4 is 11.6 Å². The molecule has 1 heterocycles. The Morgan fingerprint density at radius 2 is 2.00 bits per heavy atom. The smallest absolute Gasteiger partial charge is 0.238 e. The van der Waals surface area contributed by atoms with Gasteiger partial charge in [0.2, 0.25) is 5.91 Å². The van der Waals surface area contributed by atoms with Crippen LogP contribution in [0.4, 0.5) is 5.69 Å². The van der Waals surface area contributed by atoms with Crippen molar-refractivity contribution in [2.75, 3.05) is 18.9 Å². The number of aryl methyl sites for hydroxylation is 3. The van der Waals surface area contributed by atoms with E-state index in [0.717, 1.165) is 28.3 Å². The maximum absolute atomic E-state index is 12.2. The average molecular weight is 301 g/mol. The largest absolute Gasteiger partial charge is 0.361 e. The highest BCUT2D eigenvalue weighted by molar-refractivity contribution is 5.93. The number of anilines is 1. The van der Waals surface area contributed by atoms with E-state index < -0.39 is 0 Å². The van der Waals surface area contributed by atoms with E-state index >= 15 is 0 Å². The first kappa shape index (κ1) is 16.2. The van der Waals surface area contributed by atoms with Crippen LogP contribution in [0.5, 0.6) is 0 Å². The molecule has 1 aromatic heterocycles. The van der Waals surface area contributed by atoms with Gasteiger partial charge in [-0.05, 0) is 51.9 Å². The van der Waals surface area contributed by atoms with E-state index in [4.69, 9.17) is 4.52 Å². The van der Waals surface area contributed by atoms with Gasteiger partial charge in [-0.15, -0.1) is 0 Å². The second kappa shape index (κ2) is 6.75. The highest BCUT2D eigenvalue weighted by Crippen LogP contribution is 2.18. The quantitative estimate of drug-likeness (QED) is 0.922. The molecule has 22 heavy (non-hydrogen) atoms. The summed E-state index contributed by atoms with van der Waals surface area (Å²) in [6.07, 6.45) is 0. The van der Waals surface area contributed by atoms with Crippen LogP contribution in [0.1, 0.15) is 28.1 Å². The van der Waals surface area contributed by atoms with Crippen LogP contribution in [0.15, 0.2) is 22.7 Å². The summed E-state index contributed by atoms with van der Waals surface area (Å²) >= 11 is 0. The van der Waals surface area contributed by atoms with Crippen LogP contribution in [-0.2, 0) is 11.3 Å². The molecule has 1 N–H and O–H groups in total. The first-order valence-electron chi connectivity index (χ1n) is 7.35. The van der Waals surface area contributed by atoms with Gasteiger partial charge in [0.25, 0.3) is 0 Å². The third kappa shape index (κ3) is 3.74. The zero-order valence-electron chi connectivity index (χ0n) is 13.9. The Hall–Kier alpha value is -2.14. The van der Waals surface area contributed by atoms with Crippen LogP contribution in [0.25, 0.3) is 0 Å². The van der Waals surface area contributed by atoms with E-state index in [1.807, 2.05) is 57.8 Å². The van der Waals surface area contributed by atoms with Crippen LogP contribution in [0.3, 0.4) is 0 Å². The van der Waals surface area contributed by atoms with Crippen molar-refractivity contribution in [3.05, 3.63) is 46.3 Å². The summed E-state index contributed by atoms with van der Waals surface area (Å²) in [6, 6.07) is 5.91. The minimum absolute atomic E-state index is 0.0250. The molecule has 0 atom stereocenters. The molecule has 0 bridgehead atoms. The van der Waals surface area contributed by atoms with Gasteiger partial charge in [0.1, 0.15) is 5.76 Å². The summed E-state index contributed by atoms with van der Waals surface area (Å²) < 4.78 is 5.15. The van der Waals surface area contributed by atoms with Crippen molar-refractivity contribution < 1.29 is 9.32 Å². The average Bonchev–Trinajstić information content (AvgIpc) is 2.75. The normalized spacial score (nSPS) is 11.0. The zero-order chi connectivity index (χ0) is 16.3. The first-order valence-corrected chi connectivity index (χ1v) is 7.35. The molecule has 2 aromatic rings. The second-order valence-corrected chi connectivity index (χ2v) is 5.77. The molecule has 0 spiro atoms. The molecule has 0 aliphatic rings. The zero-order valence-corrected chi connectivity index (χ0v) is 13.9. The summed E-state index contributed by atoms with van der Waals surface area (Å²) in [5, 5.41) is 6.91. The van der Waals surface area contributed by atoms with Gasteiger partial charge in [-0.2, -0.15) is 0 Å². The van der Waals surface area contributed by atoms with E-state index in [-0.39, 0.29) is 5.91 Å². The van der Waals surface area contributed by atoms with Crippen molar-refractivity contribution in [3.8, 4) is 0 Å². The van der Waals surface area contributed by atoms with Gasteiger partial charge in [0.05, 0.1) is 12.2 Å². The molecule has 0 unspecified atom stereocenters. The number of carbonyl (C=O) groups excluding carboxylic acids is 1. The SMILES string of the molecule is Cc1cccc(NC(=O)CN(C)Cc2c(C)noc2C)c1C. The molecule has 118 valence electrons. The van der Waals surface area contributed by atoms with Crippen LogP contribution in [0, 0.1) is 27.7 Å². The number of benzene rings is 1. The van der Waals surface area contributed by atoms with Crippen LogP contribution in [-0.4, -0.2) is 29.6 Å². The van der Waals surface area contributed by atoms with Gasteiger partial charge in [0.15, 0.2) is 0 Å². The number of likely N-dealkylation sites (N-methyl/N-ethyl adjacent to an activating group) is 1. The lowest BCUT2D eigenvalue weighted by Gasteiger charge is -2.17. The summed E-state index contributed by atoms with van der Waals surface area (Å²) in [5.74, 6) is 0.780. The Labute approximate surface area is 131 Å². The molecule has 2 rings (SSSR count). The molecule has 5 heteroatoms. The highest BCUT2D eigenvalue weighted by atomic mass is 16.5. The lowest BCUT2D eigenvalue weighted by atomic mass is 10.1. The van der Waals surface area contributed by atoms with E-state index in [2.05, 4.69) is 10.5 Å².